The van der Waals surface area contributed by atoms with Gasteiger partial charge in [0.15, 0.2) is 0 Å². The summed E-state index contributed by atoms with van der Waals surface area (Å²) in [5, 5.41) is 5.78. The number of nitrogens with one attached hydrogen (secondary N) is 2. The van der Waals surface area contributed by atoms with Crippen molar-refractivity contribution < 1.29 is 9.53 Å². The second-order valence-electron chi connectivity index (χ2n) is 6.14. The summed E-state index contributed by atoms with van der Waals surface area (Å²) in [7, 11) is 0. The summed E-state index contributed by atoms with van der Waals surface area (Å²) in [5.74, 6) is 1.22. The average Bonchev–Trinajstić information content (AvgIpc) is 2.56. The van der Waals surface area contributed by atoms with Gasteiger partial charge in [-0.3, -0.25) is 0 Å². The summed E-state index contributed by atoms with van der Waals surface area (Å²) in [5.41, 5.74) is 3.21. The molecular formula is C20H26N2O2. The molecule has 0 unspecified atom stereocenters. The van der Waals surface area contributed by atoms with Crippen LogP contribution < -0.4 is 15.4 Å². The number of carbonyl (C=O) groups excluding carboxylic acids is 1. The first-order valence-electron chi connectivity index (χ1n) is 8.39. The minimum absolute atomic E-state index is 0.182. The maximum Gasteiger partial charge on any atom is 0.319 e. The molecule has 24 heavy (non-hydrogen) atoms. The number of urea groups is 1. The Balaban J connectivity index is 1.69. The molecule has 0 atom stereocenters. The summed E-state index contributed by atoms with van der Waals surface area (Å²) >= 11 is 0. The van der Waals surface area contributed by atoms with Crippen LogP contribution >= 0.6 is 0 Å². The zero-order valence-electron chi connectivity index (χ0n) is 14.6. The van der Waals surface area contributed by atoms with Crippen LogP contribution in [-0.4, -0.2) is 19.2 Å². The van der Waals surface area contributed by atoms with Gasteiger partial charge in [0.05, 0.1) is 6.61 Å². The second kappa shape index (κ2) is 8.96. The van der Waals surface area contributed by atoms with Crippen LogP contribution in [0, 0.1) is 6.92 Å². The van der Waals surface area contributed by atoms with Gasteiger partial charge in [0, 0.05) is 12.2 Å². The fraction of sp³-hybridized carbons (Fsp3) is 0.350. The molecule has 0 radical (unpaired) electrons. The number of benzene rings is 2. The Morgan fingerprint density at radius 2 is 1.79 bits per heavy atom. The standard InChI is InChI=1S/C20H26N2O2/c1-15(2)18-7-4-5-8-19(18)22-20(23)21-13-6-14-24-17-11-9-16(3)10-12-17/h4-5,7-12,15H,6,13-14H2,1-3H3,(H2,21,22,23). The highest BCUT2D eigenvalue weighted by molar-refractivity contribution is 5.90. The molecule has 0 spiro atoms. The van der Waals surface area contributed by atoms with Crippen LogP contribution in [0.5, 0.6) is 5.75 Å². The van der Waals surface area contributed by atoms with Crippen molar-refractivity contribution in [2.45, 2.75) is 33.1 Å². The molecule has 4 heteroatoms. The number of aryl methyl sites for hydroxylation is 1. The van der Waals surface area contributed by atoms with Gasteiger partial charge in [-0.1, -0.05) is 49.7 Å². The third-order valence-corrected chi connectivity index (χ3v) is 3.73. The lowest BCUT2D eigenvalue weighted by atomic mass is 10.0. The average molecular weight is 326 g/mol. The zero-order valence-corrected chi connectivity index (χ0v) is 14.6. The Morgan fingerprint density at radius 3 is 2.50 bits per heavy atom. The van der Waals surface area contributed by atoms with Gasteiger partial charge in [0.2, 0.25) is 0 Å². The van der Waals surface area contributed by atoms with Gasteiger partial charge in [-0.25, -0.2) is 4.79 Å². The highest BCUT2D eigenvalue weighted by Gasteiger charge is 2.08. The van der Waals surface area contributed by atoms with Gasteiger partial charge in [0.1, 0.15) is 5.75 Å². The Hall–Kier alpha value is -2.49. The maximum absolute atomic E-state index is 12.0. The molecule has 0 aliphatic heterocycles. The number of anilines is 1. The first-order chi connectivity index (χ1) is 11.6. The second-order valence-corrected chi connectivity index (χ2v) is 6.14. The van der Waals surface area contributed by atoms with Gasteiger partial charge < -0.3 is 15.4 Å². The summed E-state index contributed by atoms with van der Waals surface area (Å²) in [6.45, 7) is 7.42. The lowest BCUT2D eigenvalue weighted by molar-refractivity contribution is 0.250. The van der Waals surface area contributed by atoms with E-state index in [1.807, 2.05) is 55.5 Å². The van der Waals surface area contributed by atoms with Crippen LogP contribution in [0.1, 0.15) is 37.3 Å². The molecule has 2 amide bonds. The van der Waals surface area contributed by atoms with E-state index in [4.69, 9.17) is 4.74 Å². The molecule has 0 saturated heterocycles. The van der Waals surface area contributed by atoms with Gasteiger partial charge in [0.25, 0.3) is 0 Å². The molecule has 0 aromatic heterocycles. The Bertz CT molecular complexity index is 651. The molecular weight excluding hydrogens is 300 g/mol. The smallest absolute Gasteiger partial charge is 0.319 e. The highest BCUT2D eigenvalue weighted by Crippen LogP contribution is 2.23. The third-order valence-electron chi connectivity index (χ3n) is 3.73. The normalized spacial score (nSPS) is 10.5. The van der Waals surface area contributed by atoms with E-state index in [0.717, 1.165) is 23.4 Å². The first-order valence-corrected chi connectivity index (χ1v) is 8.39. The fourth-order valence-electron chi connectivity index (χ4n) is 2.38. The predicted octanol–water partition coefficient (Wildman–Crippen LogP) is 4.71. The molecule has 2 rings (SSSR count). The van der Waals surface area contributed by atoms with Crippen LogP contribution in [0.25, 0.3) is 0 Å². The topological polar surface area (TPSA) is 50.4 Å². The number of hydrogen-bond acceptors (Lipinski definition) is 2. The zero-order chi connectivity index (χ0) is 17.4. The van der Waals surface area contributed by atoms with Crippen molar-refractivity contribution in [1.82, 2.24) is 5.32 Å². The van der Waals surface area contributed by atoms with Crippen LogP contribution in [0.2, 0.25) is 0 Å². The summed E-state index contributed by atoms with van der Waals surface area (Å²) < 4.78 is 5.64. The number of rotatable bonds is 7. The number of ether oxygens (including phenoxy) is 1. The van der Waals surface area contributed by atoms with E-state index in [1.165, 1.54) is 5.56 Å². The number of hydrogen-bond donors (Lipinski definition) is 2. The van der Waals surface area contributed by atoms with E-state index in [9.17, 15) is 4.79 Å². The van der Waals surface area contributed by atoms with Crippen molar-refractivity contribution in [2.75, 3.05) is 18.5 Å². The van der Waals surface area contributed by atoms with Crippen molar-refractivity contribution in [3.8, 4) is 5.75 Å². The van der Waals surface area contributed by atoms with Crippen molar-refractivity contribution in [3.63, 3.8) is 0 Å². The Kier molecular flexibility index (Phi) is 6.67. The monoisotopic (exact) mass is 326 g/mol. The SMILES string of the molecule is Cc1ccc(OCCCNC(=O)Nc2ccccc2C(C)C)cc1. The Morgan fingerprint density at radius 1 is 1.08 bits per heavy atom. The predicted molar refractivity (Wildman–Crippen MR) is 98.8 cm³/mol. The summed E-state index contributed by atoms with van der Waals surface area (Å²) in [4.78, 5) is 12.0. The van der Waals surface area contributed by atoms with E-state index in [2.05, 4.69) is 24.5 Å². The van der Waals surface area contributed by atoms with Gasteiger partial charge in [-0.05, 0) is 43.0 Å². The van der Waals surface area contributed by atoms with Crippen molar-refractivity contribution in [1.29, 1.82) is 0 Å². The van der Waals surface area contributed by atoms with Crippen molar-refractivity contribution in [3.05, 3.63) is 59.7 Å². The Labute approximate surface area is 144 Å². The van der Waals surface area contributed by atoms with Crippen LogP contribution in [0.15, 0.2) is 48.5 Å². The maximum atomic E-state index is 12.0. The number of carbonyl (C=O) groups is 1. The molecule has 2 aromatic rings. The molecule has 0 fully saturated rings. The molecule has 2 N–H and O–H groups in total. The first kappa shape index (κ1) is 17.9. The van der Waals surface area contributed by atoms with Crippen molar-refractivity contribution >= 4 is 11.7 Å². The molecule has 0 bridgehead atoms. The molecule has 4 nitrogen and oxygen atoms in total. The summed E-state index contributed by atoms with van der Waals surface area (Å²) in [6.07, 6.45) is 0.757. The molecule has 0 aliphatic rings. The summed E-state index contributed by atoms with van der Waals surface area (Å²) in [6, 6.07) is 15.7. The number of para-hydroxylation sites is 1. The van der Waals surface area contributed by atoms with Gasteiger partial charge in [-0.15, -0.1) is 0 Å². The van der Waals surface area contributed by atoms with E-state index in [0.29, 0.717) is 19.1 Å². The molecule has 0 aliphatic carbocycles. The molecule has 128 valence electrons. The van der Waals surface area contributed by atoms with Gasteiger partial charge >= 0.3 is 6.03 Å². The largest absolute Gasteiger partial charge is 0.494 e. The lowest BCUT2D eigenvalue weighted by Gasteiger charge is -2.14. The molecule has 0 saturated carbocycles. The quantitative estimate of drug-likeness (QED) is 0.724. The molecule has 2 aromatic carbocycles. The van der Waals surface area contributed by atoms with Crippen LogP contribution in [0.3, 0.4) is 0 Å². The lowest BCUT2D eigenvalue weighted by Crippen LogP contribution is -2.30. The highest BCUT2D eigenvalue weighted by atomic mass is 16.5. The van der Waals surface area contributed by atoms with Gasteiger partial charge in [-0.2, -0.15) is 0 Å². The van der Waals surface area contributed by atoms with Crippen molar-refractivity contribution in [2.24, 2.45) is 0 Å². The van der Waals surface area contributed by atoms with E-state index >= 15 is 0 Å². The van der Waals surface area contributed by atoms with E-state index < -0.39 is 0 Å². The third kappa shape index (κ3) is 5.61. The number of amides is 2. The van der Waals surface area contributed by atoms with E-state index in [-0.39, 0.29) is 6.03 Å². The van der Waals surface area contributed by atoms with E-state index in [1.54, 1.807) is 0 Å². The van der Waals surface area contributed by atoms with Crippen LogP contribution in [-0.2, 0) is 0 Å². The minimum atomic E-state index is -0.182. The minimum Gasteiger partial charge on any atom is -0.494 e. The van der Waals surface area contributed by atoms with Crippen LogP contribution in [0.4, 0.5) is 10.5 Å². The molecule has 0 heterocycles. The fourth-order valence-corrected chi connectivity index (χ4v) is 2.38.